The molecule has 0 bridgehead atoms. The third kappa shape index (κ3) is 6.14. The van der Waals surface area contributed by atoms with E-state index in [2.05, 4.69) is 5.32 Å². The predicted octanol–water partition coefficient (Wildman–Crippen LogP) is 3.44. The predicted molar refractivity (Wildman–Crippen MR) is 96.9 cm³/mol. The lowest BCUT2D eigenvalue weighted by Gasteiger charge is -2.22. The SMILES string of the molecule is CS(=O)(=O)N(CC(=O)NCc1ccc(Cl)cc1)c1cccc(C(F)(F)F)c1. The lowest BCUT2D eigenvalue weighted by molar-refractivity contribution is -0.137. The number of benzene rings is 2. The number of nitrogens with one attached hydrogen (secondary N) is 1. The number of carbonyl (C=O) groups is 1. The highest BCUT2D eigenvalue weighted by atomic mass is 35.5. The number of alkyl halides is 3. The quantitative estimate of drug-likeness (QED) is 0.778. The van der Waals surface area contributed by atoms with Gasteiger partial charge in [0.15, 0.2) is 0 Å². The number of anilines is 1. The van der Waals surface area contributed by atoms with Crippen LogP contribution in [0.5, 0.6) is 0 Å². The molecule has 0 unspecified atom stereocenters. The zero-order valence-electron chi connectivity index (χ0n) is 14.1. The maximum Gasteiger partial charge on any atom is 0.416 e. The van der Waals surface area contributed by atoms with Gasteiger partial charge < -0.3 is 5.32 Å². The minimum Gasteiger partial charge on any atom is -0.350 e. The van der Waals surface area contributed by atoms with Gasteiger partial charge in [-0.05, 0) is 35.9 Å². The minimum atomic E-state index is -4.63. The van der Waals surface area contributed by atoms with Gasteiger partial charge in [-0.25, -0.2) is 8.42 Å². The monoisotopic (exact) mass is 420 g/mol. The highest BCUT2D eigenvalue weighted by molar-refractivity contribution is 7.92. The van der Waals surface area contributed by atoms with Gasteiger partial charge in [-0.3, -0.25) is 9.10 Å². The first kappa shape index (κ1) is 21.0. The van der Waals surface area contributed by atoms with Gasteiger partial charge in [0.05, 0.1) is 17.5 Å². The first-order valence-electron chi connectivity index (χ1n) is 7.63. The smallest absolute Gasteiger partial charge is 0.350 e. The summed E-state index contributed by atoms with van der Waals surface area (Å²) in [5.41, 5.74) is -0.512. The molecule has 2 aromatic rings. The van der Waals surface area contributed by atoms with Crippen molar-refractivity contribution in [2.45, 2.75) is 12.7 Å². The summed E-state index contributed by atoms with van der Waals surface area (Å²) in [6.45, 7) is -0.524. The molecule has 0 aliphatic rings. The van der Waals surface area contributed by atoms with Gasteiger partial charge in [-0.2, -0.15) is 13.2 Å². The van der Waals surface area contributed by atoms with E-state index in [-0.39, 0.29) is 12.2 Å². The summed E-state index contributed by atoms with van der Waals surface area (Å²) >= 11 is 5.77. The fourth-order valence-corrected chi connectivity index (χ4v) is 3.20. The molecule has 0 aliphatic heterocycles. The van der Waals surface area contributed by atoms with Crippen molar-refractivity contribution < 1.29 is 26.4 Å². The van der Waals surface area contributed by atoms with Crippen molar-refractivity contribution in [2.24, 2.45) is 0 Å². The van der Waals surface area contributed by atoms with E-state index >= 15 is 0 Å². The number of carbonyl (C=O) groups excluding carboxylic acids is 1. The van der Waals surface area contributed by atoms with E-state index in [1.54, 1.807) is 24.3 Å². The van der Waals surface area contributed by atoms with Crippen LogP contribution in [0.4, 0.5) is 18.9 Å². The van der Waals surface area contributed by atoms with Crippen molar-refractivity contribution in [2.75, 3.05) is 17.1 Å². The standard InChI is InChI=1S/C17H16ClF3N2O3S/c1-27(25,26)23(15-4-2-3-13(9-15)17(19,20)21)11-16(24)22-10-12-5-7-14(18)8-6-12/h2-9H,10-11H2,1H3,(H,22,24). The maximum atomic E-state index is 12.9. The average Bonchev–Trinajstić information content (AvgIpc) is 2.57. The molecule has 10 heteroatoms. The fraction of sp³-hybridized carbons (Fsp3) is 0.235. The summed E-state index contributed by atoms with van der Waals surface area (Å²) in [6, 6.07) is 10.4. The first-order valence-corrected chi connectivity index (χ1v) is 9.85. The highest BCUT2D eigenvalue weighted by Crippen LogP contribution is 2.32. The van der Waals surface area contributed by atoms with Crippen molar-refractivity contribution in [1.82, 2.24) is 5.32 Å². The zero-order valence-corrected chi connectivity index (χ0v) is 15.7. The summed E-state index contributed by atoms with van der Waals surface area (Å²) in [6.07, 6.45) is -3.81. The molecule has 0 heterocycles. The van der Waals surface area contributed by atoms with Crippen LogP contribution in [0.15, 0.2) is 48.5 Å². The van der Waals surface area contributed by atoms with Crippen LogP contribution in [0.25, 0.3) is 0 Å². The molecule has 1 N–H and O–H groups in total. The van der Waals surface area contributed by atoms with Crippen LogP contribution in [0.1, 0.15) is 11.1 Å². The Morgan fingerprint density at radius 3 is 2.33 bits per heavy atom. The Labute approximate surface area is 159 Å². The van der Waals surface area contributed by atoms with Gasteiger partial charge in [0.25, 0.3) is 0 Å². The average molecular weight is 421 g/mol. The Morgan fingerprint density at radius 2 is 1.78 bits per heavy atom. The lowest BCUT2D eigenvalue weighted by Crippen LogP contribution is -2.40. The van der Waals surface area contributed by atoms with Gasteiger partial charge in [-0.15, -0.1) is 0 Å². The van der Waals surface area contributed by atoms with Crippen molar-refractivity contribution in [3.05, 3.63) is 64.7 Å². The maximum absolute atomic E-state index is 12.9. The van der Waals surface area contributed by atoms with E-state index in [9.17, 15) is 26.4 Å². The minimum absolute atomic E-state index is 0.121. The Morgan fingerprint density at radius 1 is 1.15 bits per heavy atom. The van der Waals surface area contributed by atoms with Crippen molar-refractivity contribution in [3.8, 4) is 0 Å². The molecule has 0 atom stereocenters. The first-order chi connectivity index (χ1) is 12.5. The molecule has 2 rings (SSSR count). The van der Waals surface area contributed by atoms with E-state index in [1.807, 2.05) is 0 Å². The lowest BCUT2D eigenvalue weighted by atomic mass is 10.2. The molecule has 0 aliphatic carbocycles. The molecule has 27 heavy (non-hydrogen) atoms. The van der Waals surface area contributed by atoms with Crippen LogP contribution in [-0.2, 0) is 27.5 Å². The number of hydrogen-bond donors (Lipinski definition) is 1. The second kappa shape index (κ2) is 8.18. The van der Waals surface area contributed by atoms with Crippen LogP contribution in [0, 0.1) is 0 Å². The molecular formula is C17H16ClF3N2O3S. The molecule has 0 saturated carbocycles. The molecule has 146 valence electrons. The molecule has 2 aromatic carbocycles. The number of amides is 1. The summed E-state index contributed by atoms with van der Waals surface area (Å²) in [5.74, 6) is -0.659. The van der Waals surface area contributed by atoms with Crippen LogP contribution < -0.4 is 9.62 Å². The van der Waals surface area contributed by atoms with Crippen molar-refractivity contribution in [1.29, 1.82) is 0 Å². The zero-order chi connectivity index (χ0) is 20.2. The summed E-state index contributed by atoms with van der Waals surface area (Å²) in [4.78, 5) is 12.1. The molecular weight excluding hydrogens is 405 g/mol. The van der Waals surface area contributed by atoms with E-state index in [1.165, 1.54) is 6.07 Å². The third-order valence-electron chi connectivity index (χ3n) is 3.55. The van der Waals surface area contributed by atoms with Crippen LogP contribution in [0.2, 0.25) is 5.02 Å². The Balaban J connectivity index is 2.15. The molecule has 5 nitrogen and oxygen atoms in total. The number of hydrogen-bond acceptors (Lipinski definition) is 3. The Kier molecular flexibility index (Phi) is 6.38. The molecule has 0 radical (unpaired) electrons. The van der Waals surface area contributed by atoms with Gasteiger partial charge >= 0.3 is 6.18 Å². The summed E-state index contributed by atoms with van der Waals surface area (Å²) in [7, 11) is -3.98. The highest BCUT2D eigenvalue weighted by Gasteiger charge is 2.31. The van der Waals surface area contributed by atoms with Gasteiger partial charge in [0.1, 0.15) is 6.54 Å². The van der Waals surface area contributed by atoms with Crippen molar-refractivity contribution in [3.63, 3.8) is 0 Å². The van der Waals surface area contributed by atoms with Crippen molar-refractivity contribution >= 4 is 33.2 Å². The van der Waals surface area contributed by atoms with Crippen LogP contribution >= 0.6 is 11.6 Å². The van der Waals surface area contributed by atoms with Crippen LogP contribution in [0.3, 0.4) is 0 Å². The van der Waals surface area contributed by atoms with E-state index in [0.717, 1.165) is 24.0 Å². The normalized spacial score (nSPS) is 11.9. The van der Waals surface area contributed by atoms with E-state index < -0.39 is 34.2 Å². The number of nitrogens with zero attached hydrogens (tertiary/aromatic N) is 1. The van der Waals surface area contributed by atoms with Gasteiger partial charge in [0.2, 0.25) is 15.9 Å². The second-order valence-electron chi connectivity index (χ2n) is 5.72. The van der Waals surface area contributed by atoms with Gasteiger partial charge in [0, 0.05) is 11.6 Å². The largest absolute Gasteiger partial charge is 0.416 e. The summed E-state index contributed by atoms with van der Waals surface area (Å²) < 4.78 is 63.2. The summed E-state index contributed by atoms with van der Waals surface area (Å²) in [5, 5.41) is 3.05. The van der Waals surface area contributed by atoms with Gasteiger partial charge in [-0.1, -0.05) is 29.8 Å². The van der Waals surface area contributed by atoms with Crippen LogP contribution in [-0.4, -0.2) is 27.1 Å². The topological polar surface area (TPSA) is 66.5 Å². The Bertz CT molecular complexity index is 916. The van der Waals surface area contributed by atoms with E-state index in [4.69, 9.17) is 11.6 Å². The second-order valence-corrected chi connectivity index (χ2v) is 8.06. The molecule has 0 spiro atoms. The van der Waals surface area contributed by atoms with E-state index in [0.29, 0.717) is 15.4 Å². The third-order valence-corrected chi connectivity index (χ3v) is 4.94. The number of rotatable bonds is 6. The number of sulfonamides is 1. The number of halogens is 4. The molecule has 1 amide bonds. The molecule has 0 saturated heterocycles. The molecule has 0 aromatic heterocycles. The fourth-order valence-electron chi connectivity index (χ4n) is 2.23. The Hall–Kier alpha value is -2.26. The molecule has 0 fully saturated rings.